The Labute approximate surface area is 193 Å². The molecule has 0 unspecified atom stereocenters. The molecule has 7 heteroatoms. The number of ether oxygens (including phenoxy) is 1. The lowest BCUT2D eigenvalue weighted by Crippen LogP contribution is -2.34. The number of nitrogens with zero attached hydrogens (tertiary/aromatic N) is 3. The van der Waals surface area contributed by atoms with E-state index in [2.05, 4.69) is 26.8 Å². The van der Waals surface area contributed by atoms with Gasteiger partial charge in [0.25, 0.3) is 0 Å². The second kappa shape index (κ2) is 9.60. The van der Waals surface area contributed by atoms with Crippen molar-refractivity contribution in [3.8, 4) is 17.0 Å². The third-order valence-corrected chi connectivity index (χ3v) is 6.29. The molecule has 170 valence electrons. The van der Waals surface area contributed by atoms with Crippen molar-refractivity contribution in [1.82, 2.24) is 19.7 Å². The lowest BCUT2D eigenvalue weighted by atomic mass is 9.74. The van der Waals surface area contributed by atoms with Crippen LogP contribution in [0, 0.1) is 5.92 Å². The number of nitrogens with two attached hydrogens (primary N) is 1. The van der Waals surface area contributed by atoms with Crippen molar-refractivity contribution in [1.29, 1.82) is 0 Å². The van der Waals surface area contributed by atoms with Crippen molar-refractivity contribution in [3.05, 3.63) is 78.4 Å². The number of rotatable bonds is 9. The monoisotopic (exact) mass is 443 g/mol. The topological polar surface area (TPSA) is 97.7 Å². The number of benzene rings is 2. The molecule has 2 heterocycles. The molecule has 0 spiro atoms. The van der Waals surface area contributed by atoms with E-state index < -0.39 is 0 Å². The molecule has 1 saturated carbocycles. The number of aliphatic hydroxyl groups excluding tert-OH is 1. The Hall–Kier alpha value is -3.42. The molecule has 1 fully saturated rings. The van der Waals surface area contributed by atoms with E-state index in [0.29, 0.717) is 30.8 Å². The number of fused-ring (bicyclic) bond motifs is 1. The summed E-state index contributed by atoms with van der Waals surface area (Å²) in [5, 5.41) is 12.3. The fraction of sp³-hybridized carbons (Fsp3) is 0.308. The van der Waals surface area contributed by atoms with E-state index in [1.54, 1.807) is 6.20 Å². The summed E-state index contributed by atoms with van der Waals surface area (Å²) < 4.78 is 8.13. The van der Waals surface area contributed by atoms with Crippen LogP contribution in [0.25, 0.3) is 16.8 Å². The summed E-state index contributed by atoms with van der Waals surface area (Å²) in [4.78, 5) is 9.39. The van der Waals surface area contributed by atoms with E-state index in [4.69, 9.17) is 20.6 Å². The maximum atomic E-state index is 8.96. The molecule has 4 N–H and O–H groups in total. The van der Waals surface area contributed by atoms with Crippen LogP contribution in [0.15, 0.2) is 67.0 Å². The molecule has 0 radical (unpaired) electrons. The van der Waals surface area contributed by atoms with Gasteiger partial charge in [-0.25, -0.2) is 9.97 Å². The molecular formula is C26H29N5O2. The van der Waals surface area contributed by atoms with Gasteiger partial charge in [0.1, 0.15) is 35.2 Å². The molecule has 0 amide bonds. The Kier molecular flexibility index (Phi) is 6.24. The highest BCUT2D eigenvalue weighted by Crippen LogP contribution is 2.43. The second-order valence-corrected chi connectivity index (χ2v) is 8.61. The van der Waals surface area contributed by atoms with Crippen LogP contribution in [0.3, 0.4) is 0 Å². The standard InChI is InChI=1S/C26H29N5O2/c27-25-24-23(20-7-4-8-22(15-20)33-17-18-5-2-1-3-6-18)30-26(31(24)11-9-29-25)21-13-19(14-21)16-28-10-12-32/h1-9,11,15,19,21,28,32H,10,12-14,16-17H2,(H2,27,29). The van der Waals surface area contributed by atoms with E-state index in [1.165, 1.54) is 0 Å². The second-order valence-electron chi connectivity index (χ2n) is 8.61. The van der Waals surface area contributed by atoms with Gasteiger partial charge in [0.05, 0.1) is 6.61 Å². The zero-order valence-corrected chi connectivity index (χ0v) is 18.5. The zero-order valence-electron chi connectivity index (χ0n) is 18.5. The number of aliphatic hydroxyl groups is 1. The van der Waals surface area contributed by atoms with E-state index in [9.17, 15) is 0 Å². The molecule has 0 aliphatic heterocycles. The summed E-state index contributed by atoms with van der Waals surface area (Å²) in [5.41, 5.74) is 10.1. The predicted molar refractivity (Wildman–Crippen MR) is 129 cm³/mol. The normalized spacial score (nSPS) is 17.7. The summed E-state index contributed by atoms with van der Waals surface area (Å²) in [6.45, 7) is 2.25. The molecule has 7 nitrogen and oxygen atoms in total. The molecule has 33 heavy (non-hydrogen) atoms. The largest absolute Gasteiger partial charge is 0.489 e. The van der Waals surface area contributed by atoms with Crippen molar-refractivity contribution >= 4 is 11.3 Å². The Morgan fingerprint density at radius 1 is 1.12 bits per heavy atom. The van der Waals surface area contributed by atoms with Crippen LogP contribution in [-0.2, 0) is 6.61 Å². The minimum absolute atomic E-state index is 0.171. The Bertz CT molecular complexity index is 1220. The predicted octanol–water partition coefficient (Wildman–Crippen LogP) is 3.63. The van der Waals surface area contributed by atoms with Crippen molar-refractivity contribution in [2.24, 2.45) is 5.92 Å². The van der Waals surface area contributed by atoms with Crippen LogP contribution in [-0.4, -0.2) is 39.2 Å². The summed E-state index contributed by atoms with van der Waals surface area (Å²) in [7, 11) is 0. The maximum Gasteiger partial charge on any atom is 0.150 e. The van der Waals surface area contributed by atoms with Crippen molar-refractivity contribution in [2.45, 2.75) is 25.4 Å². The first-order valence-electron chi connectivity index (χ1n) is 11.4. The molecule has 4 aromatic rings. The molecule has 2 aromatic heterocycles. The third kappa shape index (κ3) is 4.55. The number of imidazole rings is 1. The quantitative estimate of drug-likeness (QED) is 0.342. The van der Waals surface area contributed by atoms with Crippen molar-refractivity contribution in [2.75, 3.05) is 25.4 Å². The average molecular weight is 444 g/mol. The number of hydrogen-bond donors (Lipinski definition) is 3. The van der Waals surface area contributed by atoms with Gasteiger partial charge >= 0.3 is 0 Å². The van der Waals surface area contributed by atoms with Crippen LogP contribution in [0.5, 0.6) is 5.75 Å². The van der Waals surface area contributed by atoms with Crippen LogP contribution in [0.1, 0.15) is 30.1 Å². The van der Waals surface area contributed by atoms with Gasteiger partial charge in [0.2, 0.25) is 0 Å². The van der Waals surface area contributed by atoms with E-state index in [-0.39, 0.29) is 6.61 Å². The van der Waals surface area contributed by atoms with Crippen LogP contribution < -0.4 is 15.8 Å². The fourth-order valence-corrected chi connectivity index (χ4v) is 4.55. The summed E-state index contributed by atoms with van der Waals surface area (Å²) in [6, 6.07) is 18.1. The first kappa shape index (κ1) is 21.4. The van der Waals surface area contributed by atoms with Gasteiger partial charge < -0.3 is 20.9 Å². The molecule has 0 atom stereocenters. The Morgan fingerprint density at radius 2 is 1.97 bits per heavy atom. The highest BCUT2D eigenvalue weighted by atomic mass is 16.5. The number of hydrogen-bond acceptors (Lipinski definition) is 6. The zero-order chi connectivity index (χ0) is 22.6. The van der Waals surface area contributed by atoms with E-state index in [0.717, 1.165) is 53.3 Å². The van der Waals surface area contributed by atoms with Crippen LogP contribution >= 0.6 is 0 Å². The summed E-state index contributed by atoms with van der Waals surface area (Å²) in [5.74, 6) is 3.28. The minimum atomic E-state index is 0.171. The maximum absolute atomic E-state index is 8.96. The SMILES string of the molecule is Nc1nccn2c(C3CC(CNCCO)C3)nc(-c3cccc(OCc4ccccc4)c3)c12. The minimum Gasteiger partial charge on any atom is -0.489 e. The smallest absolute Gasteiger partial charge is 0.150 e. The number of anilines is 1. The first-order valence-corrected chi connectivity index (χ1v) is 11.4. The lowest BCUT2D eigenvalue weighted by Gasteiger charge is -2.34. The van der Waals surface area contributed by atoms with E-state index in [1.807, 2.05) is 48.7 Å². The van der Waals surface area contributed by atoms with Gasteiger partial charge in [-0.15, -0.1) is 0 Å². The third-order valence-electron chi connectivity index (χ3n) is 6.29. The molecule has 2 aromatic carbocycles. The fourth-order valence-electron chi connectivity index (χ4n) is 4.55. The lowest BCUT2D eigenvalue weighted by molar-refractivity contribution is 0.233. The van der Waals surface area contributed by atoms with Gasteiger partial charge in [0.15, 0.2) is 0 Å². The first-order chi connectivity index (χ1) is 16.2. The number of aromatic nitrogens is 3. The number of nitrogens with one attached hydrogen (secondary N) is 1. The highest BCUT2D eigenvalue weighted by molar-refractivity contribution is 5.85. The van der Waals surface area contributed by atoms with Gasteiger partial charge in [-0.3, -0.25) is 4.40 Å². The van der Waals surface area contributed by atoms with Gasteiger partial charge in [-0.1, -0.05) is 42.5 Å². The van der Waals surface area contributed by atoms with Gasteiger partial charge in [-0.2, -0.15) is 0 Å². The van der Waals surface area contributed by atoms with Gasteiger partial charge in [-0.05, 0) is 43.0 Å². The molecule has 1 aliphatic rings. The van der Waals surface area contributed by atoms with Crippen molar-refractivity contribution in [3.63, 3.8) is 0 Å². The van der Waals surface area contributed by atoms with E-state index >= 15 is 0 Å². The Balaban J connectivity index is 1.40. The molecule has 0 bridgehead atoms. The average Bonchev–Trinajstić information content (AvgIpc) is 3.21. The summed E-state index contributed by atoms with van der Waals surface area (Å²) >= 11 is 0. The molecule has 0 saturated heterocycles. The van der Waals surface area contributed by atoms with Gasteiger partial charge in [0, 0.05) is 30.4 Å². The van der Waals surface area contributed by atoms with Crippen molar-refractivity contribution < 1.29 is 9.84 Å². The molecular weight excluding hydrogens is 414 g/mol. The molecule has 5 rings (SSSR count). The van der Waals surface area contributed by atoms with Crippen LogP contribution in [0.2, 0.25) is 0 Å². The molecule has 1 aliphatic carbocycles. The summed E-state index contributed by atoms with van der Waals surface area (Å²) in [6.07, 6.45) is 5.82. The van der Waals surface area contributed by atoms with Crippen LogP contribution in [0.4, 0.5) is 5.82 Å². The highest BCUT2D eigenvalue weighted by Gasteiger charge is 2.34. The Morgan fingerprint density at radius 3 is 2.79 bits per heavy atom. The number of nitrogen functional groups attached to an aromatic ring is 1.